The van der Waals surface area contributed by atoms with Gasteiger partial charge >= 0.3 is 0 Å². The van der Waals surface area contributed by atoms with Crippen LogP contribution in [-0.2, 0) is 0 Å². The highest BCUT2D eigenvalue weighted by Gasteiger charge is 2.16. The number of aromatic nitrogens is 2. The highest BCUT2D eigenvalue weighted by atomic mass is 16.5. The zero-order valence-electron chi connectivity index (χ0n) is 12.2. The summed E-state index contributed by atoms with van der Waals surface area (Å²) in [6.45, 7) is 4.34. The van der Waals surface area contributed by atoms with Gasteiger partial charge in [0, 0.05) is 24.4 Å². The lowest BCUT2D eigenvalue weighted by Crippen LogP contribution is -2.13. The minimum Gasteiger partial charge on any atom is -0.496 e. The third-order valence-electron chi connectivity index (χ3n) is 3.61. The maximum absolute atomic E-state index is 11.4. The average Bonchev–Trinajstić information content (AvgIpc) is 2.85. The Morgan fingerprint density at radius 3 is 2.75 bits per heavy atom. The molecule has 0 fully saturated rings. The summed E-state index contributed by atoms with van der Waals surface area (Å²) < 4.78 is 7.05. The Morgan fingerprint density at radius 1 is 1.45 bits per heavy atom. The van der Waals surface area contributed by atoms with E-state index in [0.717, 1.165) is 30.6 Å². The van der Waals surface area contributed by atoms with Gasteiger partial charge in [0.25, 0.3) is 5.91 Å². The van der Waals surface area contributed by atoms with Gasteiger partial charge in [-0.05, 0) is 12.8 Å². The summed E-state index contributed by atoms with van der Waals surface area (Å²) in [4.78, 5) is 16.1. The number of carbonyl (C=O) groups is 1. The standard InChI is InChI=1S/C15H21N3O2/c1-4-6-10(5-2)12-9-18-8-11(15(16)19)13(20-3)7-14(18)17-12/h7-10H,4-6H2,1-3H3,(H2,16,19). The normalized spacial score (nSPS) is 12.6. The number of hydrogen-bond donors (Lipinski definition) is 1. The highest BCUT2D eigenvalue weighted by Crippen LogP contribution is 2.26. The molecule has 0 radical (unpaired) electrons. The van der Waals surface area contributed by atoms with E-state index in [2.05, 4.69) is 18.8 Å². The summed E-state index contributed by atoms with van der Waals surface area (Å²) in [5, 5.41) is 0. The van der Waals surface area contributed by atoms with Crippen LogP contribution < -0.4 is 10.5 Å². The summed E-state index contributed by atoms with van der Waals surface area (Å²) >= 11 is 0. The van der Waals surface area contributed by atoms with E-state index in [9.17, 15) is 4.79 Å². The molecule has 0 bridgehead atoms. The first-order valence-corrected chi connectivity index (χ1v) is 6.97. The Kier molecular flexibility index (Phi) is 4.27. The van der Waals surface area contributed by atoms with Crippen molar-refractivity contribution >= 4 is 11.6 Å². The van der Waals surface area contributed by atoms with Gasteiger partial charge in [-0.25, -0.2) is 4.98 Å². The topological polar surface area (TPSA) is 69.6 Å². The number of nitrogens with zero attached hydrogens (tertiary/aromatic N) is 2. The lowest BCUT2D eigenvalue weighted by atomic mass is 9.98. The molecule has 0 aromatic carbocycles. The Bertz CT molecular complexity index is 619. The summed E-state index contributed by atoms with van der Waals surface area (Å²) in [5.41, 5.74) is 7.57. The minimum absolute atomic E-state index is 0.368. The van der Waals surface area contributed by atoms with Crippen LogP contribution in [0.5, 0.6) is 5.75 Å². The first kappa shape index (κ1) is 14.4. The first-order chi connectivity index (χ1) is 9.60. The number of hydrogen-bond acceptors (Lipinski definition) is 3. The second kappa shape index (κ2) is 5.94. The number of methoxy groups -OCH3 is 1. The molecule has 108 valence electrons. The van der Waals surface area contributed by atoms with E-state index in [0.29, 0.717) is 17.2 Å². The highest BCUT2D eigenvalue weighted by molar-refractivity contribution is 5.95. The molecule has 0 spiro atoms. The van der Waals surface area contributed by atoms with Crippen molar-refractivity contribution in [1.82, 2.24) is 9.38 Å². The number of ether oxygens (including phenoxy) is 1. The first-order valence-electron chi connectivity index (χ1n) is 6.97. The third kappa shape index (κ3) is 2.61. The zero-order valence-corrected chi connectivity index (χ0v) is 12.2. The van der Waals surface area contributed by atoms with E-state index >= 15 is 0 Å². The number of rotatable bonds is 6. The van der Waals surface area contributed by atoms with Crippen LogP contribution >= 0.6 is 0 Å². The number of primary amides is 1. The zero-order chi connectivity index (χ0) is 14.7. The molecular weight excluding hydrogens is 254 g/mol. The van der Waals surface area contributed by atoms with Crippen molar-refractivity contribution < 1.29 is 9.53 Å². The predicted molar refractivity (Wildman–Crippen MR) is 78.2 cm³/mol. The maximum Gasteiger partial charge on any atom is 0.253 e. The monoisotopic (exact) mass is 275 g/mol. The van der Waals surface area contributed by atoms with Crippen LogP contribution in [0.1, 0.15) is 55.1 Å². The fourth-order valence-corrected chi connectivity index (χ4v) is 2.50. The number of imidazole rings is 1. The second-order valence-corrected chi connectivity index (χ2v) is 4.94. The van der Waals surface area contributed by atoms with Crippen LogP contribution in [0, 0.1) is 0 Å². The fourth-order valence-electron chi connectivity index (χ4n) is 2.50. The molecule has 2 rings (SSSR count). The van der Waals surface area contributed by atoms with Gasteiger partial charge in [0.2, 0.25) is 0 Å². The van der Waals surface area contributed by atoms with Crippen LogP contribution in [0.25, 0.3) is 5.65 Å². The SMILES string of the molecule is CCCC(CC)c1cn2cc(C(N)=O)c(OC)cc2n1. The molecule has 2 N–H and O–H groups in total. The van der Waals surface area contributed by atoms with Crippen LogP contribution in [0.3, 0.4) is 0 Å². The fraction of sp³-hybridized carbons (Fsp3) is 0.467. The third-order valence-corrected chi connectivity index (χ3v) is 3.61. The number of pyridine rings is 1. The number of nitrogens with two attached hydrogens (primary N) is 1. The summed E-state index contributed by atoms with van der Waals surface area (Å²) in [7, 11) is 1.52. The van der Waals surface area contributed by atoms with E-state index < -0.39 is 5.91 Å². The molecule has 5 heteroatoms. The van der Waals surface area contributed by atoms with Crippen molar-refractivity contribution in [3.63, 3.8) is 0 Å². The molecule has 0 aliphatic rings. The molecule has 0 aliphatic heterocycles. The number of carbonyl (C=O) groups excluding carboxylic acids is 1. The summed E-state index contributed by atoms with van der Waals surface area (Å²) in [5.74, 6) is 0.410. The molecular formula is C15H21N3O2. The molecule has 1 amide bonds. The second-order valence-electron chi connectivity index (χ2n) is 4.94. The van der Waals surface area contributed by atoms with E-state index in [1.54, 1.807) is 12.3 Å². The van der Waals surface area contributed by atoms with Gasteiger partial charge in [0.1, 0.15) is 11.4 Å². The Labute approximate surface area is 118 Å². The molecule has 0 saturated carbocycles. The van der Waals surface area contributed by atoms with Gasteiger partial charge in [-0.2, -0.15) is 0 Å². The van der Waals surface area contributed by atoms with E-state index in [1.165, 1.54) is 7.11 Å². The quantitative estimate of drug-likeness (QED) is 0.881. The lowest BCUT2D eigenvalue weighted by Gasteiger charge is -2.09. The summed E-state index contributed by atoms with van der Waals surface area (Å²) in [6.07, 6.45) is 6.96. The average molecular weight is 275 g/mol. The van der Waals surface area contributed by atoms with Gasteiger partial charge in [-0.3, -0.25) is 4.79 Å². The molecule has 2 aromatic rings. The number of fused-ring (bicyclic) bond motifs is 1. The molecule has 0 saturated heterocycles. The lowest BCUT2D eigenvalue weighted by molar-refractivity contribution is 0.0997. The molecule has 2 aromatic heterocycles. The largest absolute Gasteiger partial charge is 0.496 e. The van der Waals surface area contributed by atoms with Crippen molar-refractivity contribution in [2.75, 3.05) is 7.11 Å². The molecule has 20 heavy (non-hydrogen) atoms. The van der Waals surface area contributed by atoms with Crippen molar-refractivity contribution in [3.05, 3.63) is 29.7 Å². The van der Waals surface area contributed by atoms with Gasteiger partial charge in [-0.1, -0.05) is 20.3 Å². The van der Waals surface area contributed by atoms with Gasteiger partial charge in [-0.15, -0.1) is 0 Å². The number of amides is 1. The van der Waals surface area contributed by atoms with E-state index in [4.69, 9.17) is 10.5 Å². The summed E-state index contributed by atoms with van der Waals surface area (Å²) in [6, 6.07) is 1.75. The molecule has 0 aliphatic carbocycles. The van der Waals surface area contributed by atoms with Crippen LogP contribution in [0.15, 0.2) is 18.5 Å². The van der Waals surface area contributed by atoms with Gasteiger partial charge < -0.3 is 14.9 Å². The van der Waals surface area contributed by atoms with Crippen molar-refractivity contribution in [3.8, 4) is 5.75 Å². The van der Waals surface area contributed by atoms with E-state index in [-0.39, 0.29) is 0 Å². The van der Waals surface area contributed by atoms with Crippen molar-refractivity contribution in [1.29, 1.82) is 0 Å². The van der Waals surface area contributed by atoms with Crippen LogP contribution in [0.4, 0.5) is 0 Å². The Balaban J connectivity index is 2.50. The predicted octanol–water partition coefficient (Wildman–Crippen LogP) is 2.74. The van der Waals surface area contributed by atoms with Crippen molar-refractivity contribution in [2.24, 2.45) is 5.73 Å². The molecule has 5 nitrogen and oxygen atoms in total. The molecule has 1 atom stereocenters. The molecule has 2 heterocycles. The van der Waals surface area contributed by atoms with Gasteiger partial charge in [0.05, 0.1) is 18.4 Å². The van der Waals surface area contributed by atoms with Crippen LogP contribution in [-0.4, -0.2) is 22.4 Å². The smallest absolute Gasteiger partial charge is 0.253 e. The van der Waals surface area contributed by atoms with E-state index in [1.807, 2.05) is 10.6 Å². The van der Waals surface area contributed by atoms with Gasteiger partial charge in [0.15, 0.2) is 0 Å². The van der Waals surface area contributed by atoms with Crippen molar-refractivity contribution in [2.45, 2.75) is 39.0 Å². The van der Waals surface area contributed by atoms with Crippen LogP contribution in [0.2, 0.25) is 0 Å². The minimum atomic E-state index is -0.500. The molecule has 1 unspecified atom stereocenters. The maximum atomic E-state index is 11.4. The Morgan fingerprint density at radius 2 is 2.20 bits per heavy atom. The Hall–Kier alpha value is -2.04.